The van der Waals surface area contributed by atoms with Crippen LogP contribution in [-0.4, -0.2) is 22.6 Å². The molecule has 0 fully saturated rings. The third-order valence-corrected chi connectivity index (χ3v) is 4.24. The molecule has 0 aliphatic carbocycles. The van der Waals surface area contributed by atoms with Gasteiger partial charge in [-0.2, -0.15) is 0 Å². The van der Waals surface area contributed by atoms with Crippen molar-refractivity contribution in [2.24, 2.45) is 0 Å². The first-order chi connectivity index (χ1) is 10.0. The fraction of sp³-hybridized carbons (Fsp3) is 0.308. The van der Waals surface area contributed by atoms with E-state index in [0.717, 1.165) is 18.5 Å². The second-order valence-corrected chi connectivity index (χ2v) is 6.17. The molecule has 0 aliphatic heterocycles. The smallest absolute Gasteiger partial charge is 0.286 e. The van der Waals surface area contributed by atoms with Gasteiger partial charge in [0.05, 0.1) is 10.7 Å². The van der Waals surface area contributed by atoms with E-state index in [0.29, 0.717) is 20.9 Å². The van der Waals surface area contributed by atoms with Gasteiger partial charge >= 0.3 is 0 Å². The van der Waals surface area contributed by atoms with E-state index in [-0.39, 0.29) is 10.9 Å². The number of hydrogen-bond acceptors (Lipinski definition) is 5. The van der Waals surface area contributed by atoms with Crippen LogP contribution in [0.3, 0.4) is 0 Å². The molecule has 2 aromatic rings. The Hall–Kier alpha value is -1.37. The summed E-state index contributed by atoms with van der Waals surface area (Å²) in [6, 6.07) is 3.32. The molecule has 1 aromatic heterocycles. The molecule has 5 nitrogen and oxygen atoms in total. The van der Waals surface area contributed by atoms with Crippen LogP contribution in [0.25, 0.3) is 0 Å². The van der Waals surface area contributed by atoms with Gasteiger partial charge < -0.3 is 10.6 Å². The molecule has 0 spiro atoms. The zero-order valence-electron chi connectivity index (χ0n) is 11.5. The number of amides is 1. The molecule has 0 aliphatic rings. The summed E-state index contributed by atoms with van der Waals surface area (Å²) in [5, 5.41) is 15.4. The first-order valence-corrected chi connectivity index (χ1v) is 7.93. The molecule has 21 heavy (non-hydrogen) atoms. The lowest BCUT2D eigenvalue weighted by molar-refractivity contribution is 0.102. The Morgan fingerprint density at radius 1 is 1.29 bits per heavy atom. The zero-order chi connectivity index (χ0) is 15.4. The zero-order valence-corrected chi connectivity index (χ0v) is 13.9. The van der Waals surface area contributed by atoms with Gasteiger partial charge in [-0.1, -0.05) is 41.5 Å². The van der Waals surface area contributed by atoms with Gasteiger partial charge in [0, 0.05) is 11.6 Å². The van der Waals surface area contributed by atoms with Crippen LogP contribution in [-0.2, 0) is 0 Å². The second kappa shape index (κ2) is 7.06. The number of nitrogens with one attached hydrogen (secondary N) is 2. The third kappa shape index (κ3) is 4.06. The molecule has 2 rings (SSSR count). The molecule has 1 aromatic carbocycles. The Bertz CT molecular complexity index is 660. The molecule has 112 valence electrons. The molecule has 0 unspecified atom stereocenters. The molecule has 1 amide bonds. The van der Waals surface area contributed by atoms with Gasteiger partial charge in [-0.25, -0.2) is 0 Å². The van der Waals surface area contributed by atoms with E-state index in [4.69, 9.17) is 23.2 Å². The number of benzene rings is 1. The van der Waals surface area contributed by atoms with Crippen LogP contribution >= 0.6 is 34.5 Å². The van der Waals surface area contributed by atoms with Crippen LogP contribution in [0, 0.1) is 6.92 Å². The van der Waals surface area contributed by atoms with Crippen molar-refractivity contribution in [2.75, 3.05) is 17.2 Å². The van der Waals surface area contributed by atoms with E-state index in [1.54, 1.807) is 12.1 Å². The van der Waals surface area contributed by atoms with E-state index >= 15 is 0 Å². The lowest BCUT2D eigenvalue weighted by Gasteiger charge is -2.07. The van der Waals surface area contributed by atoms with Crippen molar-refractivity contribution in [3.8, 4) is 0 Å². The minimum Gasteiger partial charge on any atom is -0.360 e. The molecule has 0 atom stereocenters. The number of nitrogens with zero attached hydrogens (tertiary/aromatic N) is 2. The number of hydrogen-bond donors (Lipinski definition) is 2. The number of aryl methyl sites for hydroxylation is 1. The highest BCUT2D eigenvalue weighted by Gasteiger charge is 2.15. The SMILES string of the molecule is CCCNc1nnc(C(=O)Nc2cc(Cl)c(C)cc2Cl)s1. The third-order valence-electron chi connectivity index (χ3n) is 2.64. The summed E-state index contributed by atoms with van der Waals surface area (Å²) in [4.78, 5) is 12.1. The topological polar surface area (TPSA) is 66.9 Å². The van der Waals surface area contributed by atoms with Gasteiger partial charge in [0.15, 0.2) is 0 Å². The number of rotatable bonds is 5. The largest absolute Gasteiger partial charge is 0.360 e. The molecule has 2 N–H and O–H groups in total. The molecule has 0 radical (unpaired) electrons. The van der Waals surface area contributed by atoms with Crippen molar-refractivity contribution >= 4 is 51.3 Å². The predicted molar refractivity (Wildman–Crippen MR) is 87.8 cm³/mol. The lowest BCUT2D eigenvalue weighted by atomic mass is 10.2. The Morgan fingerprint density at radius 2 is 2.05 bits per heavy atom. The summed E-state index contributed by atoms with van der Waals surface area (Å²) >= 11 is 13.3. The van der Waals surface area contributed by atoms with Crippen LogP contribution < -0.4 is 10.6 Å². The van der Waals surface area contributed by atoms with E-state index in [1.165, 1.54) is 11.3 Å². The van der Waals surface area contributed by atoms with Gasteiger partial charge in [-0.15, -0.1) is 10.2 Å². The predicted octanol–water partition coefficient (Wildman–Crippen LogP) is 4.23. The Balaban J connectivity index is 2.11. The first kappa shape index (κ1) is 16.0. The van der Waals surface area contributed by atoms with Gasteiger partial charge in [0.1, 0.15) is 0 Å². The summed E-state index contributed by atoms with van der Waals surface area (Å²) in [6.07, 6.45) is 0.971. The summed E-state index contributed by atoms with van der Waals surface area (Å²) in [7, 11) is 0. The maximum atomic E-state index is 12.1. The quantitative estimate of drug-likeness (QED) is 0.851. The van der Waals surface area contributed by atoms with Gasteiger partial charge in [0.2, 0.25) is 10.1 Å². The number of carbonyl (C=O) groups is 1. The first-order valence-electron chi connectivity index (χ1n) is 6.35. The summed E-state index contributed by atoms with van der Waals surface area (Å²) in [6.45, 7) is 4.68. The minimum absolute atomic E-state index is 0.265. The summed E-state index contributed by atoms with van der Waals surface area (Å²) in [5.41, 5.74) is 1.30. The van der Waals surface area contributed by atoms with Crippen molar-refractivity contribution in [3.05, 3.63) is 32.7 Å². The highest BCUT2D eigenvalue weighted by molar-refractivity contribution is 7.17. The van der Waals surface area contributed by atoms with Crippen molar-refractivity contribution in [1.82, 2.24) is 10.2 Å². The van der Waals surface area contributed by atoms with Crippen molar-refractivity contribution in [1.29, 1.82) is 0 Å². The van der Waals surface area contributed by atoms with Gasteiger partial charge in [-0.3, -0.25) is 4.79 Å². The summed E-state index contributed by atoms with van der Waals surface area (Å²) < 4.78 is 0. The fourth-order valence-corrected chi connectivity index (χ4v) is 2.63. The summed E-state index contributed by atoms with van der Waals surface area (Å²) in [5.74, 6) is -0.362. The Kier molecular flexibility index (Phi) is 5.39. The van der Waals surface area contributed by atoms with Gasteiger partial charge in [-0.05, 0) is 31.0 Å². The molecule has 1 heterocycles. The fourth-order valence-electron chi connectivity index (χ4n) is 1.54. The molecule has 8 heteroatoms. The molecule has 0 saturated heterocycles. The van der Waals surface area contributed by atoms with E-state index in [2.05, 4.69) is 20.8 Å². The van der Waals surface area contributed by atoms with E-state index in [9.17, 15) is 4.79 Å². The highest BCUT2D eigenvalue weighted by atomic mass is 35.5. The number of anilines is 2. The second-order valence-electron chi connectivity index (χ2n) is 4.37. The maximum Gasteiger partial charge on any atom is 0.286 e. The molecular formula is C13H14Cl2N4OS. The number of aromatic nitrogens is 2. The normalized spacial score (nSPS) is 10.5. The Morgan fingerprint density at radius 3 is 2.76 bits per heavy atom. The monoisotopic (exact) mass is 344 g/mol. The minimum atomic E-state index is -0.362. The number of carbonyl (C=O) groups excluding carboxylic acids is 1. The molecular weight excluding hydrogens is 331 g/mol. The van der Waals surface area contributed by atoms with Crippen LogP contribution in [0.5, 0.6) is 0 Å². The maximum absolute atomic E-state index is 12.1. The van der Waals surface area contributed by atoms with Crippen LogP contribution in [0.4, 0.5) is 10.8 Å². The highest BCUT2D eigenvalue weighted by Crippen LogP contribution is 2.29. The van der Waals surface area contributed by atoms with Crippen LogP contribution in [0.1, 0.15) is 28.7 Å². The lowest BCUT2D eigenvalue weighted by Crippen LogP contribution is -2.12. The standard InChI is InChI=1S/C13H14Cl2N4OS/c1-3-4-16-13-19-18-12(21-13)11(20)17-10-6-8(14)7(2)5-9(10)15/h5-6H,3-4H2,1-2H3,(H,16,19)(H,17,20). The van der Waals surface area contributed by atoms with Crippen LogP contribution in [0.15, 0.2) is 12.1 Å². The van der Waals surface area contributed by atoms with Crippen LogP contribution in [0.2, 0.25) is 10.0 Å². The van der Waals surface area contributed by atoms with Crippen molar-refractivity contribution in [3.63, 3.8) is 0 Å². The average Bonchev–Trinajstić information content (AvgIpc) is 2.91. The van der Waals surface area contributed by atoms with Crippen molar-refractivity contribution in [2.45, 2.75) is 20.3 Å². The Labute approximate surface area is 136 Å². The van der Waals surface area contributed by atoms with E-state index in [1.807, 2.05) is 13.8 Å². The molecule has 0 saturated carbocycles. The average molecular weight is 345 g/mol. The van der Waals surface area contributed by atoms with E-state index < -0.39 is 0 Å². The van der Waals surface area contributed by atoms with Gasteiger partial charge in [0.25, 0.3) is 5.91 Å². The molecule has 0 bridgehead atoms. The number of halogens is 2. The van der Waals surface area contributed by atoms with Crippen molar-refractivity contribution < 1.29 is 4.79 Å².